The first kappa shape index (κ1) is 21.0. The van der Waals surface area contributed by atoms with Crippen molar-refractivity contribution in [1.29, 1.82) is 0 Å². The first-order chi connectivity index (χ1) is 14.7. The van der Waals surface area contributed by atoms with Crippen LogP contribution in [-0.2, 0) is 17.8 Å². The van der Waals surface area contributed by atoms with Crippen molar-refractivity contribution >= 4 is 11.8 Å². The van der Waals surface area contributed by atoms with Crippen molar-refractivity contribution < 1.29 is 23.5 Å². The molecule has 1 N–H and O–H groups in total. The van der Waals surface area contributed by atoms with Crippen LogP contribution >= 0.6 is 0 Å². The molecule has 2 aliphatic heterocycles. The number of carbonyl (C=O) groups is 2. The molecule has 1 aromatic heterocycles. The van der Waals surface area contributed by atoms with Crippen LogP contribution in [0.15, 0.2) is 35.3 Å². The highest BCUT2D eigenvalue weighted by Crippen LogP contribution is 2.36. The Morgan fingerprint density at radius 2 is 2.03 bits per heavy atom. The third kappa shape index (κ3) is 3.59. The second-order valence-corrected chi connectivity index (χ2v) is 8.03. The summed E-state index contributed by atoms with van der Waals surface area (Å²) in [4.78, 5) is 40.7. The molecule has 0 radical (unpaired) electrons. The number of halogens is 1. The SMILES string of the molecule is COc1c2n(cc(C(=O)NCc3ccc(F)cc3)c1=O)C[C@]1(C)OCC[C@@H](C)N1C2=O. The van der Waals surface area contributed by atoms with Crippen LogP contribution in [0.2, 0.25) is 0 Å². The first-order valence-electron chi connectivity index (χ1n) is 10.1. The predicted octanol–water partition coefficient (Wildman–Crippen LogP) is 1.91. The van der Waals surface area contributed by atoms with Gasteiger partial charge in [0.1, 0.15) is 11.4 Å². The van der Waals surface area contributed by atoms with Crippen molar-refractivity contribution in [3.63, 3.8) is 0 Å². The highest BCUT2D eigenvalue weighted by molar-refractivity contribution is 5.99. The van der Waals surface area contributed by atoms with Crippen molar-refractivity contribution in [3.05, 3.63) is 63.3 Å². The van der Waals surface area contributed by atoms with Crippen LogP contribution in [0.1, 0.15) is 46.7 Å². The zero-order valence-corrected chi connectivity index (χ0v) is 17.6. The molecule has 164 valence electrons. The quantitative estimate of drug-likeness (QED) is 0.802. The van der Waals surface area contributed by atoms with Gasteiger partial charge in [-0.25, -0.2) is 4.39 Å². The number of carbonyl (C=O) groups excluding carboxylic acids is 2. The molecule has 0 bridgehead atoms. The highest BCUT2D eigenvalue weighted by atomic mass is 19.1. The average Bonchev–Trinajstić information content (AvgIpc) is 2.73. The average molecular weight is 429 g/mol. The summed E-state index contributed by atoms with van der Waals surface area (Å²) in [5.41, 5.74) is -0.895. The molecule has 3 heterocycles. The molecule has 2 aliphatic rings. The number of ether oxygens (including phenoxy) is 2. The van der Waals surface area contributed by atoms with Gasteiger partial charge in [-0.3, -0.25) is 14.4 Å². The lowest BCUT2D eigenvalue weighted by atomic mass is 10.00. The summed E-state index contributed by atoms with van der Waals surface area (Å²) in [7, 11) is 1.30. The fourth-order valence-electron chi connectivity index (χ4n) is 4.30. The minimum absolute atomic E-state index is 0.0570. The third-order valence-electron chi connectivity index (χ3n) is 5.84. The molecule has 8 nitrogen and oxygen atoms in total. The molecule has 1 fully saturated rings. The van der Waals surface area contributed by atoms with Gasteiger partial charge >= 0.3 is 0 Å². The Labute approximate surface area is 178 Å². The Bertz CT molecular complexity index is 1100. The lowest BCUT2D eigenvalue weighted by Gasteiger charge is -2.51. The Hall–Kier alpha value is -3.20. The van der Waals surface area contributed by atoms with E-state index < -0.39 is 17.1 Å². The third-order valence-corrected chi connectivity index (χ3v) is 5.84. The molecule has 0 aliphatic carbocycles. The number of pyridine rings is 1. The van der Waals surface area contributed by atoms with Crippen LogP contribution < -0.4 is 15.5 Å². The van der Waals surface area contributed by atoms with Gasteiger partial charge in [0.25, 0.3) is 11.8 Å². The number of benzene rings is 1. The minimum Gasteiger partial charge on any atom is -0.491 e. The highest BCUT2D eigenvalue weighted by Gasteiger charge is 2.48. The number of fused-ring (bicyclic) bond motifs is 2. The van der Waals surface area contributed by atoms with Crippen LogP contribution in [0.25, 0.3) is 0 Å². The van der Waals surface area contributed by atoms with Crippen molar-refractivity contribution in [2.24, 2.45) is 0 Å². The molecule has 2 atom stereocenters. The second kappa shape index (κ2) is 7.81. The van der Waals surface area contributed by atoms with Gasteiger partial charge in [-0.15, -0.1) is 0 Å². The number of methoxy groups -OCH3 is 1. The second-order valence-electron chi connectivity index (χ2n) is 8.03. The van der Waals surface area contributed by atoms with E-state index in [9.17, 15) is 18.8 Å². The number of rotatable bonds is 4. The summed E-state index contributed by atoms with van der Waals surface area (Å²) < 4.78 is 25.8. The summed E-state index contributed by atoms with van der Waals surface area (Å²) >= 11 is 0. The molecule has 1 aromatic carbocycles. The fourth-order valence-corrected chi connectivity index (χ4v) is 4.30. The molecule has 0 unspecified atom stereocenters. The molecule has 2 aromatic rings. The van der Waals surface area contributed by atoms with E-state index in [1.165, 1.54) is 25.4 Å². The van der Waals surface area contributed by atoms with Gasteiger partial charge < -0.3 is 24.3 Å². The van der Waals surface area contributed by atoms with Gasteiger partial charge in [0, 0.05) is 18.8 Å². The van der Waals surface area contributed by atoms with Gasteiger partial charge in [0.2, 0.25) is 5.43 Å². The summed E-state index contributed by atoms with van der Waals surface area (Å²) in [6, 6.07) is 5.62. The lowest BCUT2D eigenvalue weighted by molar-refractivity contribution is -0.185. The number of nitrogens with zero attached hydrogens (tertiary/aromatic N) is 2. The Morgan fingerprint density at radius 1 is 1.32 bits per heavy atom. The van der Waals surface area contributed by atoms with Gasteiger partial charge in [0.15, 0.2) is 17.2 Å². The Morgan fingerprint density at radius 3 is 2.71 bits per heavy atom. The maximum absolute atomic E-state index is 13.3. The zero-order chi connectivity index (χ0) is 22.3. The summed E-state index contributed by atoms with van der Waals surface area (Å²) in [5.74, 6) is -1.52. The van der Waals surface area contributed by atoms with Crippen molar-refractivity contribution in [3.8, 4) is 5.75 Å². The lowest BCUT2D eigenvalue weighted by Crippen LogP contribution is -2.64. The largest absolute Gasteiger partial charge is 0.491 e. The van der Waals surface area contributed by atoms with Gasteiger partial charge in [-0.1, -0.05) is 12.1 Å². The number of hydrogen-bond donors (Lipinski definition) is 1. The molecule has 1 saturated heterocycles. The van der Waals surface area contributed by atoms with Crippen LogP contribution in [0, 0.1) is 5.82 Å². The van der Waals surface area contributed by atoms with Crippen LogP contribution in [-0.4, -0.2) is 46.8 Å². The van der Waals surface area contributed by atoms with E-state index in [1.807, 2.05) is 13.8 Å². The Balaban J connectivity index is 1.69. The van der Waals surface area contributed by atoms with E-state index in [0.717, 1.165) is 0 Å². The number of nitrogens with one attached hydrogen (secondary N) is 1. The van der Waals surface area contributed by atoms with Gasteiger partial charge in [0.05, 0.1) is 20.3 Å². The van der Waals surface area contributed by atoms with Gasteiger partial charge in [-0.2, -0.15) is 0 Å². The molecule has 31 heavy (non-hydrogen) atoms. The number of hydrogen-bond acceptors (Lipinski definition) is 5. The normalized spacial score (nSPS) is 22.5. The van der Waals surface area contributed by atoms with E-state index in [0.29, 0.717) is 18.6 Å². The molecular weight excluding hydrogens is 405 g/mol. The molecule has 9 heteroatoms. The first-order valence-corrected chi connectivity index (χ1v) is 10.1. The molecule has 0 spiro atoms. The molecular formula is C22H24FN3O5. The van der Waals surface area contributed by atoms with Crippen LogP contribution in [0.4, 0.5) is 4.39 Å². The van der Waals surface area contributed by atoms with E-state index >= 15 is 0 Å². The van der Waals surface area contributed by atoms with Crippen molar-refractivity contribution in [1.82, 2.24) is 14.8 Å². The molecule has 4 rings (SSSR count). The maximum atomic E-state index is 13.3. The van der Waals surface area contributed by atoms with E-state index in [1.54, 1.807) is 21.6 Å². The van der Waals surface area contributed by atoms with E-state index in [4.69, 9.17) is 9.47 Å². The fraction of sp³-hybridized carbons (Fsp3) is 0.409. The Kier molecular flexibility index (Phi) is 5.30. The predicted molar refractivity (Wildman–Crippen MR) is 109 cm³/mol. The molecule has 2 amide bonds. The maximum Gasteiger partial charge on any atom is 0.277 e. The van der Waals surface area contributed by atoms with Crippen LogP contribution in [0.3, 0.4) is 0 Å². The van der Waals surface area contributed by atoms with Crippen LogP contribution in [0.5, 0.6) is 5.75 Å². The van der Waals surface area contributed by atoms with E-state index in [-0.39, 0.29) is 47.9 Å². The summed E-state index contributed by atoms with van der Waals surface area (Å²) in [6.07, 6.45) is 2.07. The molecule has 0 saturated carbocycles. The summed E-state index contributed by atoms with van der Waals surface area (Å²) in [5, 5.41) is 2.66. The monoisotopic (exact) mass is 429 g/mol. The van der Waals surface area contributed by atoms with E-state index in [2.05, 4.69) is 5.32 Å². The smallest absolute Gasteiger partial charge is 0.277 e. The van der Waals surface area contributed by atoms with Crippen molar-refractivity contribution in [2.75, 3.05) is 13.7 Å². The van der Waals surface area contributed by atoms with Gasteiger partial charge in [-0.05, 0) is 38.0 Å². The zero-order valence-electron chi connectivity index (χ0n) is 17.6. The van der Waals surface area contributed by atoms with Crippen molar-refractivity contribution in [2.45, 2.75) is 45.1 Å². The number of amides is 2. The summed E-state index contributed by atoms with van der Waals surface area (Å²) in [6.45, 7) is 4.65. The topological polar surface area (TPSA) is 89.9 Å². The number of aromatic nitrogens is 1. The standard InChI is InChI=1S/C22H24FN3O5/c1-13-8-9-31-22(2)12-25-11-16(18(27)19(30-3)17(25)21(29)26(13)22)20(28)24-10-14-4-6-15(23)7-5-14/h4-7,11,13H,8-10,12H2,1-3H3,(H,24,28)/t13-,22+/m1/s1. The minimum atomic E-state index is -0.885.